The number of thiocarbonyl (C=S) groups is 1. The predicted octanol–water partition coefficient (Wildman–Crippen LogP) is 1.36. The summed E-state index contributed by atoms with van der Waals surface area (Å²) in [5.74, 6) is 0. The van der Waals surface area contributed by atoms with E-state index in [2.05, 4.69) is 16.9 Å². The van der Waals surface area contributed by atoms with E-state index in [1.807, 2.05) is 18.8 Å². The fourth-order valence-electron chi connectivity index (χ4n) is 1.54. The minimum atomic E-state index is 0.599. The van der Waals surface area contributed by atoms with Crippen LogP contribution >= 0.6 is 24.0 Å². The van der Waals surface area contributed by atoms with Crippen molar-refractivity contribution in [3.63, 3.8) is 0 Å². The molecule has 2 N–H and O–H groups in total. The van der Waals surface area contributed by atoms with Crippen molar-refractivity contribution >= 4 is 29.1 Å². The van der Waals surface area contributed by atoms with Crippen LogP contribution in [-0.4, -0.2) is 29.7 Å². The van der Waals surface area contributed by atoms with Gasteiger partial charge in [-0.25, -0.2) is 0 Å². The molecular formula is C8H16N2S2. The van der Waals surface area contributed by atoms with Crippen molar-refractivity contribution < 1.29 is 0 Å². The molecule has 0 spiro atoms. The first-order chi connectivity index (χ1) is 5.76. The Morgan fingerprint density at radius 2 is 2.25 bits per heavy atom. The van der Waals surface area contributed by atoms with E-state index >= 15 is 0 Å². The Hall–Kier alpha value is 0.0400. The molecule has 2 nitrogen and oxygen atoms in total. The third kappa shape index (κ3) is 2.83. The molecule has 0 aliphatic heterocycles. The second-order valence-corrected chi connectivity index (χ2v) is 4.64. The van der Waals surface area contributed by atoms with Gasteiger partial charge in [-0.3, -0.25) is 0 Å². The first-order valence-electron chi connectivity index (χ1n) is 4.27. The fourth-order valence-corrected chi connectivity index (χ4v) is 2.51. The minimum Gasteiger partial charge on any atom is -0.366 e. The summed E-state index contributed by atoms with van der Waals surface area (Å²) in [7, 11) is 1.86. The highest BCUT2D eigenvalue weighted by Crippen LogP contribution is 2.27. The van der Waals surface area contributed by atoms with Crippen LogP contribution in [0.5, 0.6) is 0 Å². The van der Waals surface area contributed by atoms with E-state index in [0.29, 0.717) is 6.04 Å². The lowest BCUT2D eigenvalue weighted by atomic mass is 10.3. The predicted molar refractivity (Wildman–Crippen MR) is 59.7 cm³/mol. The summed E-state index contributed by atoms with van der Waals surface area (Å²) >= 11 is 7.00. The first-order valence-corrected chi connectivity index (χ1v) is 5.97. The van der Waals surface area contributed by atoms with Crippen LogP contribution < -0.4 is 10.6 Å². The molecule has 0 heterocycles. The molecule has 1 fully saturated rings. The Morgan fingerprint density at radius 3 is 2.75 bits per heavy atom. The molecular weight excluding hydrogens is 188 g/mol. The smallest absolute Gasteiger partial charge is 0.166 e. The molecule has 4 heteroatoms. The quantitative estimate of drug-likeness (QED) is 0.663. The third-order valence-corrected chi connectivity index (χ3v) is 3.70. The maximum atomic E-state index is 5.04. The zero-order valence-corrected chi connectivity index (χ0v) is 9.23. The normalized spacial score (nSPS) is 28.5. The van der Waals surface area contributed by atoms with Crippen molar-refractivity contribution in [3.05, 3.63) is 0 Å². The van der Waals surface area contributed by atoms with E-state index in [1.165, 1.54) is 19.3 Å². The number of nitrogens with one attached hydrogen (secondary N) is 2. The summed E-state index contributed by atoms with van der Waals surface area (Å²) in [6, 6.07) is 0.599. The molecule has 2 unspecified atom stereocenters. The van der Waals surface area contributed by atoms with Crippen LogP contribution in [0, 0.1) is 0 Å². The highest BCUT2D eigenvalue weighted by molar-refractivity contribution is 7.99. The second-order valence-electron chi connectivity index (χ2n) is 3.09. The zero-order valence-electron chi connectivity index (χ0n) is 7.59. The summed E-state index contributed by atoms with van der Waals surface area (Å²) in [4.78, 5) is 0. The molecule has 1 aliphatic rings. The van der Waals surface area contributed by atoms with Gasteiger partial charge >= 0.3 is 0 Å². The van der Waals surface area contributed by atoms with Crippen molar-refractivity contribution in [1.82, 2.24) is 10.6 Å². The average molecular weight is 204 g/mol. The highest BCUT2D eigenvalue weighted by atomic mass is 32.2. The topological polar surface area (TPSA) is 24.1 Å². The molecule has 0 aromatic rings. The highest BCUT2D eigenvalue weighted by Gasteiger charge is 2.23. The van der Waals surface area contributed by atoms with E-state index in [-0.39, 0.29) is 0 Å². The van der Waals surface area contributed by atoms with Gasteiger partial charge in [-0.05, 0) is 37.7 Å². The molecule has 0 saturated heterocycles. The van der Waals surface area contributed by atoms with Crippen LogP contribution in [0.2, 0.25) is 0 Å². The molecule has 1 rings (SSSR count). The molecule has 0 amide bonds. The van der Waals surface area contributed by atoms with Crippen LogP contribution in [-0.2, 0) is 0 Å². The molecule has 0 bridgehead atoms. The van der Waals surface area contributed by atoms with E-state index in [4.69, 9.17) is 12.2 Å². The monoisotopic (exact) mass is 204 g/mol. The molecule has 12 heavy (non-hydrogen) atoms. The first kappa shape index (κ1) is 10.1. The second kappa shape index (κ2) is 4.92. The van der Waals surface area contributed by atoms with Gasteiger partial charge < -0.3 is 10.6 Å². The van der Waals surface area contributed by atoms with Gasteiger partial charge in [-0.15, -0.1) is 0 Å². The van der Waals surface area contributed by atoms with Crippen LogP contribution in [0.4, 0.5) is 0 Å². The van der Waals surface area contributed by atoms with Gasteiger partial charge in [0, 0.05) is 18.3 Å². The van der Waals surface area contributed by atoms with E-state index in [9.17, 15) is 0 Å². The number of hydrogen-bond donors (Lipinski definition) is 2. The van der Waals surface area contributed by atoms with Crippen LogP contribution in [0.25, 0.3) is 0 Å². The summed E-state index contributed by atoms with van der Waals surface area (Å²) in [6.07, 6.45) is 6.02. The van der Waals surface area contributed by atoms with Gasteiger partial charge in [0.1, 0.15) is 0 Å². The van der Waals surface area contributed by atoms with Crippen molar-refractivity contribution in [2.75, 3.05) is 13.3 Å². The summed E-state index contributed by atoms with van der Waals surface area (Å²) in [6.45, 7) is 0. The molecule has 0 aromatic heterocycles. The average Bonchev–Trinajstić information content (AvgIpc) is 2.52. The maximum absolute atomic E-state index is 5.04. The lowest BCUT2D eigenvalue weighted by Crippen LogP contribution is -2.39. The van der Waals surface area contributed by atoms with Crippen molar-refractivity contribution in [3.8, 4) is 0 Å². The number of hydrogen-bond acceptors (Lipinski definition) is 2. The van der Waals surface area contributed by atoms with Gasteiger partial charge in [0.15, 0.2) is 5.11 Å². The third-order valence-electron chi connectivity index (χ3n) is 2.28. The summed E-state index contributed by atoms with van der Waals surface area (Å²) in [5, 5.41) is 7.85. The van der Waals surface area contributed by atoms with Gasteiger partial charge in [0.2, 0.25) is 0 Å². The Kier molecular flexibility index (Phi) is 4.15. The summed E-state index contributed by atoms with van der Waals surface area (Å²) < 4.78 is 0. The lowest BCUT2D eigenvalue weighted by molar-refractivity contribution is 0.628. The van der Waals surface area contributed by atoms with Crippen molar-refractivity contribution in [1.29, 1.82) is 0 Å². The van der Waals surface area contributed by atoms with Crippen molar-refractivity contribution in [2.45, 2.75) is 30.6 Å². The van der Waals surface area contributed by atoms with Crippen LogP contribution in [0.3, 0.4) is 0 Å². The Balaban J connectivity index is 2.23. The van der Waals surface area contributed by atoms with Gasteiger partial charge in [0.25, 0.3) is 0 Å². The Labute approximate surface area is 83.9 Å². The van der Waals surface area contributed by atoms with Gasteiger partial charge in [-0.1, -0.05) is 0 Å². The SMILES string of the molecule is CNC(=S)NC1CCC(SC)C1. The van der Waals surface area contributed by atoms with Gasteiger partial charge in [0.05, 0.1) is 0 Å². The van der Waals surface area contributed by atoms with E-state index in [1.54, 1.807) is 0 Å². The maximum Gasteiger partial charge on any atom is 0.166 e. The Morgan fingerprint density at radius 1 is 1.50 bits per heavy atom. The molecule has 0 radical (unpaired) electrons. The lowest BCUT2D eigenvalue weighted by Gasteiger charge is -2.14. The van der Waals surface area contributed by atoms with Crippen LogP contribution in [0.1, 0.15) is 19.3 Å². The summed E-state index contributed by atoms with van der Waals surface area (Å²) in [5.41, 5.74) is 0. The standard InChI is InChI=1S/C8H16N2S2/c1-9-8(11)10-6-3-4-7(5-6)12-2/h6-7H,3-5H2,1-2H3,(H2,9,10,11). The van der Waals surface area contributed by atoms with Gasteiger partial charge in [-0.2, -0.15) is 11.8 Å². The molecule has 70 valence electrons. The minimum absolute atomic E-state index is 0.599. The van der Waals surface area contributed by atoms with E-state index < -0.39 is 0 Å². The molecule has 0 aromatic carbocycles. The number of thioether (sulfide) groups is 1. The number of rotatable bonds is 2. The van der Waals surface area contributed by atoms with Crippen LogP contribution in [0.15, 0.2) is 0 Å². The molecule has 1 saturated carbocycles. The van der Waals surface area contributed by atoms with E-state index in [0.717, 1.165) is 10.4 Å². The van der Waals surface area contributed by atoms with Crippen molar-refractivity contribution in [2.24, 2.45) is 0 Å². The fraction of sp³-hybridized carbons (Fsp3) is 0.875. The zero-order chi connectivity index (χ0) is 8.97. The molecule has 1 aliphatic carbocycles. The largest absolute Gasteiger partial charge is 0.366 e. The molecule has 2 atom stereocenters. The Bertz CT molecular complexity index is 161.